The number of alkyl halides is 1. The number of rotatable bonds is 2. The van der Waals surface area contributed by atoms with Crippen LogP contribution in [0.25, 0.3) is 11.4 Å². The van der Waals surface area contributed by atoms with E-state index in [-0.39, 0.29) is 11.7 Å². The lowest BCUT2D eigenvalue weighted by Crippen LogP contribution is -1.97. The molecule has 0 amide bonds. The van der Waals surface area contributed by atoms with E-state index in [0.29, 0.717) is 21.7 Å². The Morgan fingerprint density at radius 1 is 1.38 bits per heavy atom. The molecule has 0 atom stereocenters. The Balaban J connectivity index is 2.54. The number of benzene rings is 1. The van der Waals surface area contributed by atoms with E-state index < -0.39 is 0 Å². The van der Waals surface area contributed by atoms with Gasteiger partial charge in [0.15, 0.2) is 5.82 Å². The van der Waals surface area contributed by atoms with Gasteiger partial charge in [-0.25, -0.2) is 4.39 Å². The Labute approximate surface area is 105 Å². The maximum atomic E-state index is 13.2. The first-order valence-corrected chi connectivity index (χ1v) is 5.85. The molecule has 0 spiro atoms. The van der Waals surface area contributed by atoms with Crippen molar-refractivity contribution < 1.29 is 4.39 Å². The third-order valence-electron chi connectivity index (χ3n) is 2.21. The quantitative estimate of drug-likeness (QED) is 0.798. The van der Waals surface area contributed by atoms with Crippen molar-refractivity contribution in [3.05, 3.63) is 34.3 Å². The summed E-state index contributed by atoms with van der Waals surface area (Å²) in [4.78, 5) is 0. The van der Waals surface area contributed by atoms with Crippen LogP contribution in [0.1, 0.15) is 5.82 Å². The second-order valence-corrected chi connectivity index (χ2v) is 4.47. The second kappa shape index (κ2) is 4.51. The third kappa shape index (κ3) is 2.10. The van der Waals surface area contributed by atoms with Gasteiger partial charge in [0.1, 0.15) is 11.6 Å². The van der Waals surface area contributed by atoms with Crippen molar-refractivity contribution in [1.29, 1.82) is 0 Å². The SMILES string of the molecule is Cn1c(CCl)nnc1-c1cc(F)cc(Br)c1. The molecule has 1 heterocycles. The monoisotopic (exact) mass is 303 g/mol. The number of halogens is 3. The summed E-state index contributed by atoms with van der Waals surface area (Å²) in [5, 5.41) is 7.89. The zero-order chi connectivity index (χ0) is 11.7. The predicted octanol–water partition coefficient (Wildman–Crippen LogP) is 3.12. The normalized spacial score (nSPS) is 10.8. The van der Waals surface area contributed by atoms with Crippen LogP contribution in [0.3, 0.4) is 0 Å². The zero-order valence-electron chi connectivity index (χ0n) is 8.41. The molecule has 1 aromatic heterocycles. The Hall–Kier alpha value is -0.940. The summed E-state index contributed by atoms with van der Waals surface area (Å²) in [7, 11) is 1.80. The topological polar surface area (TPSA) is 30.7 Å². The molecule has 0 N–H and O–H groups in total. The fraction of sp³-hybridized carbons (Fsp3) is 0.200. The first kappa shape index (κ1) is 11.5. The first-order chi connectivity index (χ1) is 7.61. The van der Waals surface area contributed by atoms with Gasteiger partial charge in [-0.1, -0.05) is 15.9 Å². The minimum absolute atomic E-state index is 0.278. The summed E-state index contributed by atoms with van der Waals surface area (Å²) >= 11 is 8.92. The van der Waals surface area contributed by atoms with Gasteiger partial charge in [0.05, 0.1) is 5.88 Å². The van der Waals surface area contributed by atoms with Crippen molar-refractivity contribution in [3.63, 3.8) is 0 Å². The molecule has 16 heavy (non-hydrogen) atoms. The molecule has 0 bridgehead atoms. The highest BCUT2D eigenvalue weighted by molar-refractivity contribution is 9.10. The van der Waals surface area contributed by atoms with Gasteiger partial charge in [-0.2, -0.15) is 0 Å². The highest BCUT2D eigenvalue weighted by Crippen LogP contribution is 2.23. The fourth-order valence-corrected chi connectivity index (χ4v) is 2.11. The highest BCUT2D eigenvalue weighted by Gasteiger charge is 2.11. The number of hydrogen-bond acceptors (Lipinski definition) is 2. The van der Waals surface area contributed by atoms with Gasteiger partial charge in [0.25, 0.3) is 0 Å². The minimum Gasteiger partial charge on any atom is -0.313 e. The molecule has 2 rings (SSSR count). The molecule has 84 valence electrons. The summed E-state index contributed by atoms with van der Waals surface area (Å²) in [6.07, 6.45) is 0. The lowest BCUT2D eigenvalue weighted by atomic mass is 10.2. The lowest BCUT2D eigenvalue weighted by Gasteiger charge is -2.03. The highest BCUT2D eigenvalue weighted by atomic mass is 79.9. The maximum Gasteiger partial charge on any atom is 0.163 e. The maximum absolute atomic E-state index is 13.2. The molecule has 1 aromatic carbocycles. The molecule has 0 aliphatic carbocycles. The molecule has 0 radical (unpaired) electrons. The van der Waals surface area contributed by atoms with Crippen LogP contribution in [0, 0.1) is 5.82 Å². The van der Waals surface area contributed by atoms with Crippen molar-refractivity contribution in [2.75, 3.05) is 0 Å². The van der Waals surface area contributed by atoms with Gasteiger partial charge in [-0.05, 0) is 18.2 Å². The molecule has 0 unspecified atom stereocenters. The molecule has 0 aliphatic rings. The number of aromatic nitrogens is 3. The van der Waals surface area contributed by atoms with Crippen molar-refractivity contribution in [2.45, 2.75) is 5.88 Å². The van der Waals surface area contributed by atoms with E-state index in [1.54, 1.807) is 17.7 Å². The molecule has 3 nitrogen and oxygen atoms in total. The van der Waals surface area contributed by atoms with Gasteiger partial charge in [-0.3, -0.25) is 0 Å². The molecular formula is C10H8BrClFN3. The van der Waals surface area contributed by atoms with Crippen LogP contribution in [-0.2, 0) is 12.9 Å². The summed E-state index contributed by atoms with van der Waals surface area (Å²) in [6, 6.07) is 4.58. The molecule has 0 aliphatic heterocycles. The Kier molecular flexibility index (Phi) is 3.25. The van der Waals surface area contributed by atoms with Crippen LogP contribution in [0.2, 0.25) is 0 Å². The molecular weight excluding hydrogens is 296 g/mol. The summed E-state index contributed by atoms with van der Waals surface area (Å²) in [5.74, 6) is 1.20. The van der Waals surface area contributed by atoms with E-state index in [2.05, 4.69) is 26.1 Å². The van der Waals surface area contributed by atoms with Gasteiger partial charge in [0.2, 0.25) is 0 Å². The Morgan fingerprint density at radius 3 is 2.69 bits per heavy atom. The van der Waals surface area contributed by atoms with Crippen LogP contribution in [0.5, 0.6) is 0 Å². The van der Waals surface area contributed by atoms with Gasteiger partial charge >= 0.3 is 0 Å². The van der Waals surface area contributed by atoms with Crippen LogP contribution in [0.15, 0.2) is 22.7 Å². The average Bonchev–Trinajstić information content (AvgIpc) is 2.58. The van der Waals surface area contributed by atoms with Crippen molar-refractivity contribution in [3.8, 4) is 11.4 Å². The van der Waals surface area contributed by atoms with Crippen LogP contribution in [0.4, 0.5) is 4.39 Å². The van der Waals surface area contributed by atoms with E-state index in [0.717, 1.165) is 0 Å². The average molecular weight is 305 g/mol. The summed E-state index contributed by atoms with van der Waals surface area (Å²) in [5.41, 5.74) is 0.665. The van der Waals surface area contributed by atoms with E-state index >= 15 is 0 Å². The smallest absolute Gasteiger partial charge is 0.163 e. The fourth-order valence-electron chi connectivity index (χ4n) is 1.41. The van der Waals surface area contributed by atoms with E-state index in [1.165, 1.54) is 12.1 Å². The van der Waals surface area contributed by atoms with E-state index in [1.807, 2.05) is 0 Å². The summed E-state index contributed by atoms with van der Waals surface area (Å²) in [6.45, 7) is 0. The molecule has 2 aromatic rings. The van der Waals surface area contributed by atoms with Gasteiger partial charge < -0.3 is 4.57 Å². The zero-order valence-corrected chi connectivity index (χ0v) is 10.8. The number of hydrogen-bond donors (Lipinski definition) is 0. The first-order valence-electron chi connectivity index (χ1n) is 4.52. The third-order valence-corrected chi connectivity index (χ3v) is 2.90. The second-order valence-electron chi connectivity index (χ2n) is 3.29. The van der Waals surface area contributed by atoms with Crippen molar-refractivity contribution in [2.24, 2.45) is 7.05 Å². The van der Waals surface area contributed by atoms with Gasteiger partial charge in [0, 0.05) is 17.1 Å². The van der Waals surface area contributed by atoms with E-state index in [4.69, 9.17) is 11.6 Å². The van der Waals surface area contributed by atoms with Crippen LogP contribution >= 0.6 is 27.5 Å². The Bertz CT molecular complexity index is 507. The van der Waals surface area contributed by atoms with Crippen molar-refractivity contribution >= 4 is 27.5 Å². The lowest BCUT2D eigenvalue weighted by molar-refractivity contribution is 0.627. The van der Waals surface area contributed by atoms with Gasteiger partial charge in [-0.15, -0.1) is 21.8 Å². The molecule has 0 saturated carbocycles. The van der Waals surface area contributed by atoms with Crippen LogP contribution < -0.4 is 0 Å². The van der Waals surface area contributed by atoms with E-state index in [9.17, 15) is 4.39 Å². The standard InChI is InChI=1S/C10H8BrClFN3/c1-16-9(5-12)14-15-10(16)6-2-7(11)4-8(13)3-6/h2-4H,5H2,1H3. The largest absolute Gasteiger partial charge is 0.313 e. The van der Waals surface area contributed by atoms with Crippen LogP contribution in [-0.4, -0.2) is 14.8 Å². The Morgan fingerprint density at radius 2 is 2.12 bits per heavy atom. The molecule has 0 fully saturated rings. The number of nitrogens with zero attached hydrogens (tertiary/aromatic N) is 3. The predicted molar refractivity (Wildman–Crippen MR) is 63.7 cm³/mol. The molecule has 0 saturated heterocycles. The molecule has 6 heteroatoms. The summed E-state index contributed by atoms with van der Waals surface area (Å²) < 4.78 is 15.6. The van der Waals surface area contributed by atoms with Crippen molar-refractivity contribution in [1.82, 2.24) is 14.8 Å². The minimum atomic E-state index is -0.320.